The molecule has 0 spiro atoms. The smallest absolute Gasteiger partial charge is 0.336 e. The standard InChI is InChI=1S/C15H16F4O4/c1-3-22-15(21)8(2)14(20)13-10(16)6-9(7-11(13)17)23-5-4-12(18)19/h6-7,12,14,20H,2-5H2,1H3. The van der Waals surface area contributed by atoms with Crippen LogP contribution in [0.15, 0.2) is 24.3 Å². The Labute approximate surface area is 130 Å². The normalized spacial score (nSPS) is 12.1. The van der Waals surface area contributed by atoms with Crippen LogP contribution in [0.1, 0.15) is 25.0 Å². The fraction of sp³-hybridized carbons (Fsp3) is 0.400. The van der Waals surface area contributed by atoms with Gasteiger partial charge in [-0.2, -0.15) is 0 Å². The molecule has 128 valence electrons. The second-order valence-electron chi connectivity index (χ2n) is 4.48. The van der Waals surface area contributed by atoms with E-state index in [1.165, 1.54) is 6.92 Å². The van der Waals surface area contributed by atoms with Gasteiger partial charge < -0.3 is 14.6 Å². The van der Waals surface area contributed by atoms with Crippen LogP contribution in [-0.2, 0) is 9.53 Å². The summed E-state index contributed by atoms with van der Waals surface area (Å²) in [5, 5.41) is 9.87. The maximum absolute atomic E-state index is 13.9. The number of aliphatic hydroxyl groups is 1. The van der Waals surface area contributed by atoms with E-state index in [2.05, 4.69) is 11.3 Å². The minimum Gasteiger partial charge on any atom is -0.493 e. The molecule has 0 saturated heterocycles. The average Bonchev–Trinajstić information content (AvgIpc) is 2.45. The Hall–Kier alpha value is -2.09. The second-order valence-corrected chi connectivity index (χ2v) is 4.48. The third-order valence-corrected chi connectivity index (χ3v) is 2.80. The zero-order valence-corrected chi connectivity index (χ0v) is 12.3. The van der Waals surface area contributed by atoms with E-state index in [0.717, 1.165) is 12.1 Å². The van der Waals surface area contributed by atoms with Gasteiger partial charge in [0.05, 0.1) is 24.4 Å². The molecule has 0 radical (unpaired) electrons. The number of hydrogen-bond acceptors (Lipinski definition) is 4. The van der Waals surface area contributed by atoms with Crippen LogP contribution in [0.5, 0.6) is 5.75 Å². The number of ether oxygens (including phenoxy) is 2. The Bertz CT molecular complexity index is 552. The van der Waals surface area contributed by atoms with Crippen molar-refractivity contribution in [2.24, 2.45) is 0 Å². The first-order valence-corrected chi connectivity index (χ1v) is 6.71. The van der Waals surface area contributed by atoms with Gasteiger partial charge in [-0.05, 0) is 6.92 Å². The number of benzene rings is 1. The maximum Gasteiger partial charge on any atom is 0.336 e. The molecule has 4 nitrogen and oxygen atoms in total. The van der Waals surface area contributed by atoms with Gasteiger partial charge in [0.15, 0.2) is 0 Å². The maximum atomic E-state index is 13.9. The van der Waals surface area contributed by atoms with Gasteiger partial charge in [-0.15, -0.1) is 0 Å². The molecule has 8 heteroatoms. The van der Waals surface area contributed by atoms with Crippen molar-refractivity contribution >= 4 is 5.97 Å². The predicted molar refractivity (Wildman–Crippen MR) is 73.2 cm³/mol. The van der Waals surface area contributed by atoms with Crippen LogP contribution in [0, 0.1) is 11.6 Å². The van der Waals surface area contributed by atoms with Crippen LogP contribution in [0.3, 0.4) is 0 Å². The van der Waals surface area contributed by atoms with Crippen molar-refractivity contribution in [3.8, 4) is 5.75 Å². The van der Waals surface area contributed by atoms with Gasteiger partial charge in [-0.25, -0.2) is 22.4 Å². The molecule has 1 N–H and O–H groups in total. The van der Waals surface area contributed by atoms with Crippen molar-refractivity contribution in [1.82, 2.24) is 0 Å². The van der Waals surface area contributed by atoms with Crippen molar-refractivity contribution in [2.75, 3.05) is 13.2 Å². The largest absolute Gasteiger partial charge is 0.493 e. The van der Waals surface area contributed by atoms with E-state index in [1.54, 1.807) is 0 Å². The number of aliphatic hydroxyl groups excluding tert-OH is 1. The minimum absolute atomic E-state index is 0.00640. The second kappa shape index (κ2) is 8.52. The molecular formula is C15H16F4O4. The van der Waals surface area contributed by atoms with Gasteiger partial charge in [0, 0.05) is 18.6 Å². The van der Waals surface area contributed by atoms with E-state index in [0.29, 0.717) is 0 Å². The van der Waals surface area contributed by atoms with E-state index in [9.17, 15) is 27.5 Å². The molecule has 0 heterocycles. The number of carbonyl (C=O) groups excluding carboxylic acids is 1. The lowest BCUT2D eigenvalue weighted by atomic mass is 10.0. The number of hydrogen-bond donors (Lipinski definition) is 1. The summed E-state index contributed by atoms with van der Waals surface area (Å²) in [5.41, 5.74) is -1.33. The van der Waals surface area contributed by atoms with Crippen LogP contribution in [0.2, 0.25) is 0 Å². The molecule has 1 aromatic carbocycles. The summed E-state index contributed by atoms with van der Waals surface area (Å²) >= 11 is 0. The molecule has 1 unspecified atom stereocenters. The first-order chi connectivity index (χ1) is 10.8. The van der Waals surface area contributed by atoms with Crippen LogP contribution in [-0.4, -0.2) is 30.7 Å². The molecular weight excluding hydrogens is 320 g/mol. The van der Waals surface area contributed by atoms with E-state index in [1.807, 2.05) is 0 Å². The molecule has 1 aromatic rings. The Morgan fingerprint density at radius 3 is 2.35 bits per heavy atom. The lowest BCUT2D eigenvalue weighted by Crippen LogP contribution is -2.16. The van der Waals surface area contributed by atoms with E-state index in [4.69, 9.17) is 4.74 Å². The molecule has 1 atom stereocenters. The highest BCUT2D eigenvalue weighted by atomic mass is 19.3. The fourth-order valence-corrected chi connectivity index (χ4v) is 1.68. The molecule has 0 aliphatic rings. The molecule has 0 amide bonds. The van der Waals surface area contributed by atoms with Gasteiger partial charge in [0.25, 0.3) is 0 Å². The number of carbonyl (C=O) groups is 1. The van der Waals surface area contributed by atoms with Gasteiger partial charge in [0.1, 0.15) is 23.5 Å². The first kappa shape index (κ1) is 19.0. The van der Waals surface area contributed by atoms with E-state index in [-0.39, 0.29) is 12.4 Å². The molecule has 1 rings (SSSR count). The van der Waals surface area contributed by atoms with Crippen molar-refractivity contribution in [3.63, 3.8) is 0 Å². The number of alkyl halides is 2. The van der Waals surface area contributed by atoms with Crippen LogP contribution in [0.4, 0.5) is 17.6 Å². The summed E-state index contributed by atoms with van der Waals surface area (Å²) in [4.78, 5) is 11.4. The summed E-state index contributed by atoms with van der Waals surface area (Å²) in [5.74, 6) is -3.70. The minimum atomic E-state index is -2.60. The van der Waals surface area contributed by atoms with Gasteiger partial charge in [0.2, 0.25) is 6.43 Å². The Kier molecular flexibility index (Phi) is 7.02. The highest BCUT2D eigenvalue weighted by Crippen LogP contribution is 2.30. The van der Waals surface area contributed by atoms with Crippen molar-refractivity contribution in [1.29, 1.82) is 0 Å². The van der Waals surface area contributed by atoms with Crippen LogP contribution in [0.25, 0.3) is 0 Å². The zero-order chi connectivity index (χ0) is 17.6. The topological polar surface area (TPSA) is 55.8 Å². The molecule has 0 aliphatic heterocycles. The third kappa shape index (κ3) is 5.24. The fourth-order valence-electron chi connectivity index (χ4n) is 1.68. The summed E-state index contributed by atoms with van der Waals surface area (Å²) in [6, 6.07) is 1.46. The lowest BCUT2D eigenvalue weighted by Gasteiger charge is -2.16. The monoisotopic (exact) mass is 336 g/mol. The van der Waals surface area contributed by atoms with Gasteiger partial charge >= 0.3 is 5.97 Å². The number of halogens is 4. The summed E-state index contributed by atoms with van der Waals surface area (Å²) < 4.78 is 61.2. The molecule has 0 saturated carbocycles. The Balaban J connectivity index is 2.92. The Morgan fingerprint density at radius 2 is 1.87 bits per heavy atom. The number of rotatable bonds is 8. The highest BCUT2D eigenvalue weighted by Gasteiger charge is 2.26. The predicted octanol–water partition coefficient (Wildman–Crippen LogP) is 3.15. The number of esters is 1. The lowest BCUT2D eigenvalue weighted by molar-refractivity contribution is -0.139. The van der Waals surface area contributed by atoms with Crippen molar-refractivity contribution in [3.05, 3.63) is 41.5 Å². The van der Waals surface area contributed by atoms with Crippen molar-refractivity contribution < 1.29 is 36.9 Å². The molecule has 0 bridgehead atoms. The molecule has 0 aromatic heterocycles. The van der Waals surface area contributed by atoms with E-state index < -0.39 is 54.3 Å². The van der Waals surface area contributed by atoms with Crippen LogP contribution >= 0.6 is 0 Å². The third-order valence-electron chi connectivity index (χ3n) is 2.80. The SMILES string of the molecule is C=C(C(=O)OCC)C(O)c1c(F)cc(OCCC(F)F)cc1F. The average molecular weight is 336 g/mol. The van der Waals surface area contributed by atoms with E-state index >= 15 is 0 Å². The highest BCUT2D eigenvalue weighted by molar-refractivity contribution is 5.89. The summed E-state index contributed by atoms with van der Waals surface area (Å²) in [6.07, 6.45) is -5.13. The van der Waals surface area contributed by atoms with Gasteiger partial charge in [-0.3, -0.25) is 0 Å². The molecule has 0 fully saturated rings. The van der Waals surface area contributed by atoms with Crippen molar-refractivity contribution in [2.45, 2.75) is 25.9 Å². The van der Waals surface area contributed by atoms with Crippen LogP contribution < -0.4 is 4.74 Å². The summed E-state index contributed by atoms with van der Waals surface area (Å²) in [6.45, 7) is 4.35. The molecule has 23 heavy (non-hydrogen) atoms. The summed E-state index contributed by atoms with van der Waals surface area (Å²) in [7, 11) is 0. The first-order valence-electron chi connectivity index (χ1n) is 6.71. The molecule has 0 aliphatic carbocycles. The zero-order valence-electron chi connectivity index (χ0n) is 12.3. The quantitative estimate of drug-likeness (QED) is 0.450. The Morgan fingerprint density at radius 1 is 1.30 bits per heavy atom. The van der Waals surface area contributed by atoms with Gasteiger partial charge in [-0.1, -0.05) is 6.58 Å².